The van der Waals surface area contributed by atoms with Crippen molar-refractivity contribution in [2.75, 3.05) is 18.0 Å². The van der Waals surface area contributed by atoms with Crippen LogP contribution in [-0.2, 0) is 4.79 Å². The molecule has 1 fully saturated rings. The average molecular weight is 265 g/mol. The molecule has 1 atom stereocenters. The Morgan fingerprint density at radius 3 is 2.79 bits per heavy atom. The number of aryl methyl sites for hydroxylation is 1. The fourth-order valence-electron chi connectivity index (χ4n) is 2.22. The quantitative estimate of drug-likeness (QED) is 0.620. The lowest BCUT2D eigenvalue weighted by atomic mass is 10.0. The van der Waals surface area contributed by atoms with Gasteiger partial charge in [-0.2, -0.15) is 0 Å². The van der Waals surface area contributed by atoms with Gasteiger partial charge in [-0.15, -0.1) is 0 Å². The zero-order chi connectivity index (χ0) is 14.2. The van der Waals surface area contributed by atoms with E-state index in [-0.39, 0.29) is 12.2 Å². The topological polar surface area (TPSA) is 110 Å². The highest BCUT2D eigenvalue weighted by atomic mass is 16.6. The first kappa shape index (κ1) is 13.3. The van der Waals surface area contributed by atoms with Crippen molar-refractivity contribution in [2.45, 2.75) is 18.9 Å². The predicted molar refractivity (Wildman–Crippen MR) is 69.2 cm³/mol. The molecule has 1 unspecified atom stereocenters. The van der Waals surface area contributed by atoms with Crippen molar-refractivity contribution in [3.05, 3.63) is 33.9 Å². The van der Waals surface area contributed by atoms with E-state index in [1.807, 2.05) is 0 Å². The normalized spacial score (nSPS) is 22.5. The summed E-state index contributed by atoms with van der Waals surface area (Å²) in [4.78, 5) is 23.3. The van der Waals surface area contributed by atoms with Crippen LogP contribution in [0.3, 0.4) is 0 Å². The smallest absolute Gasteiger partial charge is 0.325 e. The second-order valence-electron chi connectivity index (χ2n) is 4.86. The third kappa shape index (κ3) is 2.37. The molecule has 3 N–H and O–H groups in total. The number of rotatable bonds is 3. The molecule has 0 spiro atoms. The lowest BCUT2D eigenvalue weighted by Crippen LogP contribution is -2.50. The molecule has 7 heteroatoms. The first-order chi connectivity index (χ1) is 8.83. The zero-order valence-electron chi connectivity index (χ0n) is 10.5. The van der Waals surface area contributed by atoms with Crippen molar-refractivity contribution in [1.29, 1.82) is 0 Å². The molecule has 0 aromatic heterocycles. The van der Waals surface area contributed by atoms with E-state index in [2.05, 4.69) is 0 Å². The van der Waals surface area contributed by atoms with Crippen molar-refractivity contribution in [3.63, 3.8) is 0 Å². The Kier molecular flexibility index (Phi) is 3.15. The number of aliphatic carboxylic acids is 1. The number of nitro benzene ring substituents is 1. The molecule has 1 aromatic rings. The molecule has 0 amide bonds. The molecule has 1 aromatic carbocycles. The third-order valence-corrected chi connectivity index (χ3v) is 3.48. The Hall–Kier alpha value is -2.15. The van der Waals surface area contributed by atoms with Crippen LogP contribution in [0.4, 0.5) is 11.4 Å². The first-order valence-electron chi connectivity index (χ1n) is 5.86. The van der Waals surface area contributed by atoms with Crippen molar-refractivity contribution in [3.8, 4) is 0 Å². The Bertz CT molecular complexity index is 546. The fraction of sp³-hybridized carbons (Fsp3) is 0.417. The Morgan fingerprint density at radius 1 is 1.58 bits per heavy atom. The summed E-state index contributed by atoms with van der Waals surface area (Å²) in [5.41, 5.74) is 5.74. The number of carboxylic acids is 1. The zero-order valence-corrected chi connectivity index (χ0v) is 10.5. The Balaban J connectivity index is 2.28. The number of carbonyl (C=O) groups is 1. The van der Waals surface area contributed by atoms with E-state index < -0.39 is 16.4 Å². The summed E-state index contributed by atoms with van der Waals surface area (Å²) < 4.78 is 0. The number of hydrogen-bond acceptors (Lipinski definition) is 5. The number of nitrogens with two attached hydrogens (primary N) is 1. The van der Waals surface area contributed by atoms with Gasteiger partial charge in [0.2, 0.25) is 0 Å². The molecule has 0 aliphatic carbocycles. The van der Waals surface area contributed by atoms with Gasteiger partial charge in [0.25, 0.3) is 5.69 Å². The van der Waals surface area contributed by atoms with Crippen LogP contribution in [-0.4, -0.2) is 34.6 Å². The summed E-state index contributed by atoms with van der Waals surface area (Å²) >= 11 is 0. The standard InChI is InChI=1S/C12H15N3O4/c1-8-2-3-9(6-10(8)15(18)19)14-5-4-12(13,7-14)11(16)17/h2-3,6H,4-5,7,13H2,1H3,(H,16,17). The van der Waals surface area contributed by atoms with Crippen molar-refractivity contribution >= 4 is 17.3 Å². The van der Waals surface area contributed by atoms with E-state index in [1.54, 1.807) is 24.0 Å². The molecule has 1 saturated heterocycles. The highest BCUT2D eigenvalue weighted by molar-refractivity contribution is 5.80. The Labute approximate surface area is 109 Å². The van der Waals surface area contributed by atoms with Crippen molar-refractivity contribution in [2.24, 2.45) is 5.73 Å². The average Bonchev–Trinajstić information content (AvgIpc) is 2.73. The first-order valence-corrected chi connectivity index (χ1v) is 5.86. The molecule has 1 aliphatic heterocycles. The van der Waals surface area contributed by atoms with Crippen LogP contribution >= 0.6 is 0 Å². The lowest BCUT2D eigenvalue weighted by Gasteiger charge is -2.21. The van der Waals surface area contributed by atoms with Gasteiger partial charge in [0.15, 0.2) is 0 Å². The van der Waals surface area contributed by atoms with Crippen LogP contribution < -0.4 is 10.6 Å². The van der Waals surface area contributed by atoms with Crippen LogP contribution in [0.15, 0.2) is 18.2 Å². The van der Waals surface area contributed by atoms with E-state index in [4.69, 9.17) is 10.8 Å². The van der Waals surface area contributed by atoms with Gasteiger partial charge in [-0.1, -0.05) is 6.07 Å². The molecular formula is C12H15N3O4. The van der Waals surface area contributed by atoms with Gasteiger partial charge in [0.05, 0.1) is 4.92 Å². The van der Waals surface area contributed by atoms with Gasteiger partial charge in [0.1, 0.15) is 5.54 Å². The predicted octanol–water partition coefficient (Wildman–Crippen LogP) is 0.895. The molecule has 102 valence electrons. The SMILES string of the molecule is Cc1ccc(N2CCC(N)(C(=O)O)C2)cc1[N+](=O)[O-]. The van der Waals surface area contributed by atoms with Crippen LogP contribution in [0.2, 0.25) is 0 Å². The molecule has 0 saturated carbocycles. The van der Waals surface area contributed by atoms with Crippen LogP contribution in [0, 0.1) is 17.0 Å². The highest BCUT2D eigenvalue weighted by Gasteiger charge is 2.41. The van der Waals surface area contributed by atoms with Crippen molar-refractivity contribution in [1.82, 2.24) is 0 Å². The monoisotopic (exact) mass is 265 g/mol. The largest absolute Gasteiger partial charge is 0.480 e. The summed E-state index contributed by atoms with van der Waals surface area (Å²) in [5, 5.41) is 20.0. The van der Waals surface area contributed by atoms with Gasteiger partial charge >= 0.3 is 5.97 Å². The second-order valence-corrected chi connectivity index (χ2v) is 4.86. The summed E-state index contributed by atoms with van der Waals surface area (Å²) in [6.07, 6.45) is 0.323. The van der Waals surface area contributed by atoms with Gasteiger partial charge in [-0.05, 0) is 19.4 Å². The van der Waals surface area contributed by atoms with Gasteiger partial charge in [0, 0.05) is 30.4 Å². The molecule has 0 bridgehead atoms. The van der Waals surface area contributed by atoms with Crippen molar-refractivity contribution < 1.29 is 14.8 Å². The van der Waals surface area contributed by atoms with E-state index in [9.17, 15) is 14.9 Å². The molecule has 1 aliphatic rings. The summed E-state index contributed by atoms with van der Waals surface area (Å²) in [7, 11) is 0. The molecule has 2 rings (SSSR count). The van der Waals surface area contributed by atoms with Crippen LogP contribution in [0.5, 0.6) is 0 Å². The number of nitro groups is 1. The summed E-state index contributed by atoms with van der Waals surface area (Å²) in [6.45, 7) is 2.29. The van der Waals surface area contributed by atoms with E-state index in [0.29, 0.717) is 24.2 Å². The van der Waals surface area contributed by atoms with Crippen LogP contribution in [0.25, 0.3) is 0 Å². The maximum Gasteiger partial charge on any atom is 0.325 e. The minimum absolute atomic E-state index is 0.0300. The van der Waals surface area contributed by atoms with E-state index in [0.717, 1.165) is 0 Å². The lowest BCUT2D eigenvalue weighted by molar-refractivity contribution is -0.385. The minimum Gasteiger partial charge on any atom is -0.480 e. The summed E-state index contributed by atoms with van der Waals surface area (Å²) in [5.74, 6) is -1.04. The van der Waals surface area contributed by atoms with Gasteiger partial charge in [-0.3, -0.25) is 14.9 Å². The number of anilines is 1. The Morgan fingerprint density at radius 2 is 2.26 bits per heavy atom. The van der Waals surface area contributed by atoms with Gasteiger partial charge < -0.3 is 15.7 Å². The second kappa shape index (κ2) is 4.51. The maximum atomic E-state index is 11.1. The number of hydrogen-bond donors (Lipinski definition) is 2. The third-order valence-electron chi connectivity index (χ3n) is 3.48. The number of nitrogens with zero attached hydrogens (tertiary/aromatic N) is 2. The molecular weight excluding hydrogens is 250 g/mol. The molecule has 7 nitrogen and oxygen atoms in total. The van der Waals surface area contributed by atoms with E-state index in [1.165, 1.54) is 6.07 Å². The minimum atomic E-state index is -1.28. The van der Waals surface area contributed by atoms with Crippen LogP contribution in [0.1, 0.15) is 12.0 Å². The van der Waals surface area contributed by atoms with Gasteiger partial charge in [-0.25, -0.2) is 0 Å². The highest BCUT2D eigenvalue weighted by Crippen LogP contribution is 2.29. The molecule has 19 heavy (non-hydrogen) atoms. The maximum absolute atomic E-state index is 11.1. The number of carboxylic acid groups (broad SMARTS) is 1. The summed E-state index contributed by atoms with van der Waals surface area (Å²) in [6, 6.07) is 4.86. The molecule has 1 heterocycles. The molecule has 0 radical (unpaired) electrons. The number of benzene rings is 1. The fourth-order valence-corrected chi connectivity index (χ4v) is 2.22. The van der Waals surface area contributed by atoms with E-state index >= 15 is 0 Å².